The van der Waals surface area contributed by atoms with Crippen LogP contribution in [-0.2, 0) is 10.8 Å². The molecule has 0 atom stereocenters. The van der Waals surface area contributed by atoms with Gasteiger partial charge in [-0.15, -0.1) is 0 Å². The first kappa shape index (κ1) is 32.0. The zero-order valence-electron chi connectivity index (χ0n) is 30.7. The summed E-state index contributed by atoms with van der Waals surface area (Å²) in [6.45, 7) is 17.9. The largest absolute Gasteiger partial charge is 0.0683 e. The lowest BCUT2D eigenvalue weighted by Crippen LogP contribution is -2.14. The molecule has 0 unspecified atom stereocenters. The van der Waals surface area contributed by atoms with Gasteiger partial charge in [0.05, 0.1) is 0 Å². The van der Waals surface area contributed by atoms with Gasteiger partial charge in [-0.25, -0.2) is 0 Å². The van der Waals surface area contributed by atoms with Gasteiger partial charge >= 0.3 is 0 Å². The van der Waals surface area contributed by atoms with Crippen molar-refractivity contribution in [1.29, 1.82) is 0 Å². The Morgan fingerprint density at radius 1 is 0.440 bits per heavy atom. The van der Waals surface area contributed by atoms with E-state index in [1.165, 1.54) is 99.1 Å². The molecule has 0 bridgehead atoms. The van der Waals surface area contributed by atoms with Crippen LogP contribution in [0.15, 0.2) is 133 Å². The topological polar surface area (TPSA) is 0 Å². The quantitative estimate of drug-likeness (QED) is 0.168. The fraction of sp³-hybridized carbons (Fsp3) is 0.200. The van der Waals surface area contributed by atoms with E-state index in [-0.39, 0.29) is 10.8 Å². The van der Waals surface area contributed by atoms with E-state index in [2.05, 4.69) is 175 Å². The third-order valence-corrected chi connectivity index (χ3v) is 11.1. The lowest BCUT2D eigenvalue weighted by Gasteiger charge is -2.22. The molecular weight excluding hydrogens is 601 g/mol. The fourth-order valence-corrected chi connectivity index (χ4v) is 8.34. The molecule has 0 nitrogen and oxygen atoms in total. The zero-order valence-corrected chi connectivity index (χ0v) is 30.7. The minimum absolute atomic E-state index is 0.00660. The van der Waals surface area contributed by atoms with E-state index in [9.17, 15) is 0 Å². The molecule has 0 saturated heterocycles. The molecule has 0 heterocycles. The summed E-state index contributed by atoms with van der Waals surface area (Å²) in [5.41, 5.74) is 16.0. The molecule has 246 valence electrons. The van der Waals surface area contributed by atoms with Gasteiger partial charge in [-0.05, 0) is 117 Å². The number of aryl methyl sites for hydroxylation is 1. The van der Waals surface area contributed by atoms with E-state index in [0.29, 0.717) is 0 Å². The Morgan fingerprint density at radius 2 is 0.960 bits per heavy atom. The molecule has 0 radical (unpaired) electrons. The van der Waals surface area contributed by atoms with Gasteiger partial charge in [0.1, 0.15) is 0 Å². The minimum atomic E-state index is 0.00660. The van der Waals surface area contributed by atoms with E-state index >= 15 is 0 Å². The molecule has 0 saturated carbocycles. The Labute approximate surface area is 297 Å². The second-order valence-corrected chi connectivity index (χ2v) is 15.5. The van der Waals surface area contributed by atoms with Gasteiger partial charge in [0.15, 0.2) is 0 Å². The third kappa shape index (κ3) is 4.96. The van der Waals surface area contributed by atoms with Crippen molar-refractivity contribution in [2.75, 3.05) is 0 Å². The van der Waals surface area contributed by atoms with Gasteiger partial charge in [0, 0.05) is 5.41 Å². The summed E-state index contributed by atoms with van der Waals surface area (Å²) in [5, 5.41) is 8.12. The van der Waals surface area contributed by atoms with Gasteiger partial charge in [-0.2, -0.15) is 0 Å². The Bertz CT molecular complexity index is 2520. The number of rotatable bonds is 3. The van der Waals surface area contributed by atoms with Crippen LogP contribution in [0.5, 0.6) is 0 Å². The summed E-state index contributed by atoms with van der Waals surface area (Å²) >= 11 is 0. The van der Waals surface area contributed by atoms with E-state index in [0.717, 1.165) is 0 Å². The summed E-state index contributed by atoms with van der Waals surface area (Å²) < 4.78 is 0. The Hall–Kier alpha value is -5.20. The monoisotopic (exact) mass is 646 g/mol. The van der Waals surface area contributed by atoms with Crippen LogP contribution in [0.4, 0.5) is 0 Å². The Morgan fingerprint density at radius 3 is 1.58 bits per heavy atom. The maximum absolute atomic E-state index is 2.40. The molecular formula is C50H46. The average molecular weight is 647 g/mol. The summed E-state index contributed by atoms with van der Waals surface area (Å²) in [7, 11) is 0. The predicted octanol–water partition coefficient (Wildman–Crippen LogP) is 14.5. The lowest BCUT2D eigenvalue weighted by molar-refractivity contribution is 0.591. The SMILES string of the molecule is CC.Cc1cc(-c2ccc(-c3ccc(-c4ccc5c(c4)C(C)(C)c4ccccc4-5)cc3)cc2)c2ccc3cc(C(C)(C)C)cc4ccc1c2c43. The molecule has 8 aromatic rings. The number of benzene rings is 8. The van der Waals surface area contributed by atoms with Crippen LogP contribution >= 0.6 is 0 Å². The number of hydrogen-bond donors (Lipinski definition) is 0. The molecule has 0 heteroatoms. The second-order valence-electron chi connectivity index (χ2n) is 15.5. The van der Waals surface area contributed by atoms with Crippen LogP contribution in [0, 0.1) is 6.92 Å². The zero-order chi connectivity index (χ0) is 34.9. The lowest BCUT2D eigenvalue weighted by atomic mass is 9.81. The first-order chi connectivity index (χ1) is 24.1. The highest BCUT2D eigenvalue weighted by Crippen LogP contribution is 2.49. The smallest absolute Gasteiger partial charge is 0.0159 e. The highest BCUT2D eigenvalue weighted by Gasteiger charge is 2.35. The van der Waals surface area contributed by atoms with Crippen molar-refractivity contribution in [3.63, 3.8) is 0 Å². The van der Waals surface area contributed by atoms with E-state index in [1.54, 1.807) is 0 Å². The van der Waals surface area contributed by atoms with Crippen molar-refractivity contribution in [3.05, 3.63) is 156 Å². The van der Waals surface area contributed by atoms with Crippen molar-refractivity contribution in [2.45, 2.75) is 66.2 Å². The fourth-order valence-electron chi connectivity index (χ4n) is 8.34. The van der Waals surface area contributed by atoms with Gasteiger partial charge in [-0.3, -0.25) is 0 Å². The first-order valence-corrected chi connectivity index (χ1v) is 18.3. The van der Waals surface area contributed by atoms with Gasteiger partial charge in [0.2, 0.25) is 0 Å². The van der Waals surface area contributed by atoms with Crippen molar-refractivity contribution in [2.24, 2.45) is 0 Å². The third-order valence-electron chi connectivity index (χ3n) is 11.1. The maximum atomic E-state index is 2.40. The van der Waals surface area contributed by atoms with Crippen LogP contribution in [0.1, 0.15) is 70.7 Å². The molecule has 0 amide bonds. The van der Waals surface area contributed by atoms with Crippen LogP contribution in [0.3, 0.4) is 0 Å². The molecule has 0 aliphatic heterocycles. The molecule has 0 spiro atoms. The van der Waals surface area contributed by atoms with Crippen LogP contribution < -0.4 is 0 Å². The van der Waals surface area contributed by atoms with E-state index in [4.69, 9.17) is 0 Å². The van der Waals surface area contributed by atoms with Crippen molar-refractivity contribution in [1.82, 2.24) is 0 Å². The summed E-state index contributed by atoms with van der Waals surface area (Å²) in [5.74, 6) is 0. The van der Waals surface area contributed by atoms with Gasteiger partial charge in [-0.1, -0.05) is 176 Å². The van der Waals surface area contributed by atoms with Gasteiger partial charge < -0.3 is 0 Å². The molecule has 1 aliphatic carbocycles. The Kier molecular flexibility index (Phi) is 7.50. The molecule has 8 aromatic carbocycles. The molecule has 0 N–H and O–H groups in total. The average Bonchev–Trinajstić information content (AvgIpc) is 3.37. The van der Waals surface area contributed by atoms with E-state index < -0.39 is 0 Å². The minimum Gasteiger partial charge on any atom is -0.0683 e. The van der Waals surface area contributed by atoms with Crippen molar-refractivity contribution >= 4 is 32.3 Å². The summed E-state index contributed by atoms with van der Waals surface area (Å²) in [6, 6.07) is 50.6. The second kappa shape index (κ2) is 11.7. The number of hydrogen-bond acceptors (Lipinski definition) is 0. The van der Waals surface area contributed by atoms with Crippen LogP contribution in [0.25, 0.3) is 76.8 Å². The molecule has 0 fully saturated rings. The van der Waals surface area contributed by atoms with E-state index in [1.807, 2.05) is 13.8 Å². The molecule has 0 aromatic heterocycles. The molecule has 50 heavy (non-hydrogen) atoms. The Balaban J connectivity index is 0.00000177. The molecule has 9 rings (SSSR count). The summed E-state index contributed by atoms with van der Waals surface area (Å²) in [4.78, 5) is 0. The first-order valence-electron chi connectivity index (χ1n) is 18.3. The summed E-state index contributed by atoms with van der Waals surface area (Å²) in [6.07, 6.45) is 0. The normalized spacial score (nSPS) is 13.4. The molecule has 1 aliphatic rings. The highest BCUT2D eigenvalue weighted by molar-refractivity contribution is 6.26. The van der Waals surface area contributed by atoms with Crippen LogP contribution in [-0.4, -0.2) is 0 Å². The number of fused-ring (bicyclic) bond motifs is 3. The maximum Gasteiger partial charge on any atom is 0.0159 e. The van der Waals surface area contributed by atoms with Crippen molar-refractivity contribution < 1.29 is 0 Å². The van der Waals surface area contributed by atoms with Gasteiger partial charge in [0.25, 0.3) is 0 Å². The standard InChI is InChI=1S/C48H40.C2H6/c1-29-25-42(41-24-21-36-27-37(47(2,3)4)26-35-20-22-38(29)46(41)45(35)36)33-17-15-31(16-18-33)30-11-13-32(14-12-30)34-19-23-40-39-9-7-8-10-43(39)48(5,6)44(40)28-34;1-2/h7-28H,1-6H3;1-2H3. The van der Waals surface area contributed by atoms with Crippen molar-refractivity contribution in [3.8, 4) is 44.5 Å². The highest BCUT2D eigenvalue weighted by atomic mass is 14.4. The van der Waals surface area contributed by atoms with Crippen LogP contribution in [0.2, 0.25) is 0 Å². The predicted molar refractivity (Wildman–Crippen MR) is 219 cm³/mol.